The van der Waals surface area contributed by atoms with Crippen molar-refractivity contribution in [1.82, 2.24) is 4.98 Å². The lowest BCUT2D eigenvalue weighted by Gasteiger charge is -2.13. The second-order valence-corrected chi connectivity index (χ2v) is 4.14. The van der Waals surface area contributed by atoms with E-state index in [4.69, 9.17) is 18.0 Å². The number of anilines is 1. The summed E-state index contributed by atoms with van der Waals surface area (Å²) in [6, 6.07) is 4.18. The van der Waals surface area contributed by atoms with E-state index in [-0.39, 0.29) is 0 Å². The number of nitrogens with one attached hydrogen (secondary N) is 1. The normalized spacial score (nSPS) is 12.2. The van der Waals surface area contributed by atoms with Crippen molar-refractivity contribution in [3.05, 3.63) is 23.4 Å². The van der Waals surface area contributed by atoms with Gasteiger partial charge in [-0.15, -0.1) is 0 Å². The van der Waals surface area contributed by atoms with E-state index in [1.165, 1.54) is 0 Å². The molecule has 1 heterocycles. The molecule has 0 saturated heterocycles. The van der Waals surface area contributed by atoms with E-state index >= 15 is 0 Å². The monoisotopic (exact) mass is 223 g/mol. The molecule has 1 rings (SSSR count). The minimum atomic E-state index is 0.401. The van der Waals surface area contributed by atoms with E-state index in [0.29, 0.717) is 11.0 Å². The van der Waals surface area contributed by atoms with Crippen LogP contribution in [-0.4, -0.2) is 16.0 Å². The zero-order chi connectivity index (χ0) is 11.4. The third-order valence-corrected chi connectivity index (χ3v) is 2.48. The first kappa shape index (κ1) is 11.9. The lowest BCUT2D eigenvalue weighted by Crippen LogP contribution is -2.16. The highest BCUT2D eigenvalue weighted by Gasteiger charge is 2.04. The van der Waals surface area contributed by atoms with Crippen LogP contribution in [0.2, 0.25) is 0 Å². The summed E-state index contributed by atoms with van der Waals surface area (Å²) in [5.74, 6) is 0.840. The van der Waals surface area contributed by atoms with Crippen molar-refractivity contribution in [2.45, 2.75) is 33.2 Å². The molecule has 1 aromatic heterocycles. The number of pyridine rings is 1. The highest BCUT2D eigenvalue weighted by Crippen LogP contribution is 2.11. The molecule has 4 heteroatoms. The number of hydrogen-bond acceptors (Lipinski definition) is 3. The van der Waals surface area contributed by atoms with Crippen molar-refractivity contribution >= 4 is 23.0 Å². The van der Waals surface area contributed by atoms with Gasteiger partial charge in [-0.2, -0.15) is 0 Å². The maximum absolute atomic E-state index is 5.59. The predicted octanol–water partition coefficient (Wildman–Crippen LogP) is 2.23. The molecule has 0 saturated carbocycles. The average Bonchev–Trinajstić information content (AvgIpc) is 2.16. The second-order valence-electron chi connectivity index (χ2n) is 3.70. The molecule has 0 fully saturated rings. The summed E-state index contributed by atoms with van der Waals surface area (Å²) in [4.78, 5) is 4.79. The van der Waals surface area contributed by atoms with Gasteiger partial charge in [0.05, 0.1) is 0 Å². The lowest BCUT2D eigenvalue weighted by atomic mass is 10.2. The Morgan fingerprint density at radius 3 is 2.80 bits per heavy atom. The van der Waals surface area contributed by atoms with Gasteiger partial charge >= 0.3 is 0 Å². The van der Waals surface area contributed by atoms with Crippen LogP contribution in [-0.2, 0) is 0 Å². The van der Waals surface area contributed by atoms with Gasteiger partial charge in [-0.05, 0) is 32.4 Å². The van der Waals surface area contributed by atoms with Crippen LogP contribution in [0, 0.1) is 6.92 Å². The maximum atomic E-state index is 5.59. The zero-order valence-electron chi connectivity index (χ0n) is 9.37. The molecule has 1 unspecified atom stereocenters. The van der Waals surface area contributed by atoms with Gasteiger partial charge in [0, 0.05) is 17.3 Å². The molecule has 0 bridgehead atoms. The van der Waals surface area contributed by atoms with Gasteiger partial charge < -0.3 is 11.1 Å². The molecule has 3 nitrogen and oxygen atoms in total. The summed E-state index contributed by atoms with van der Waals surface area (Å²) in [5.41, 5.74) is 7.38. The van der Waals surface area contributed by atoms with Crippen LogP contribution in [0.1, 0.15) is 31.5 Å². The summed E-state index contributed by atoms with van der Waals surface area (Å²) < 4.78 is 0. The topological polar surface area (TPSA) is 50.9 Å². The Hall–Kier alpha value is -1.16. The number of hydrogen-bond donors (Lipinski definition) is 2. The zero-order valence-corrected chi connectivity index (χ0v) is 10.2. The molecule has 82 valence electrons. The van der Waals surface area contributed by atoms with E-state index in [1.54, 1.807) is 0 Å². The van der Waals surface area contributed by atoms with Crippen molar-refractivity contribution in [3.8, 4) is 0 Å². The summed E-state index contributed by atoms with van der Waals surface area (Å²) in [6.07, 6.45) is 1.05. The molecule has 0 aliphatic carbocycles. The number of aromatic nitrogens is 1. The summed E-state index contributed by atoms with van der Waals surface area (Å²) in [5, 5.41) is 3.30. The Morgan fingerprint density at radius 1 is 1.60 bits per heavy atom. The minimum absolute atomic E-state index is 0.401. The maximum Gasteiger partial charge on any atom is 0.127 e. The molecular weight excluding hydrogens is 206 g/mol. The highest BCUT2D eigenvalue weighted by atomic mass is 32.1. The predicted molar refractivity (Wildman–Crippen MR) is 68.2 cm³/mol. The van der Waals surface area contributed by atoms with E-state index in [9.17, 15) is 0 Å². The summed E-state index contributed by atoms with van der Waals surface area (Å²) >= 11 is 4.95. The van der Waals surface area contributed by atoms with Gasteiger partial charge in [0.2, 0.25) is 0 Å². The molecule has 3 N–H and O–H groups in total. The molecule has 0 amide bonds. The lowest BCUT2D eigenvalue weighted by molar-refractivity contribution is 0.758. The van der Waals surface area contributed by atoms with Gasteiger partial charge in [0.15, 0.2) is 0 Å². The molecule has 1 atom stereocenters. The van der Waals surface area contributed by atoms with Crippen LogP contribution in [0.4, 0.5) is 5.82 Å². The Morgan fingerprint density at radius 2 is 2.27 bits per heavy atom. The first-order chi connectivity index (χ1) is 7.02. The van der Waals surface area contributed by atoms with Crippen LogP contribution >= 0.6 is 12.2 Å². The summed E-state index contributed by atoms with van der Waals surface area (Å²) in [6.45, 7) is 6.18. The Labute approximate surface area is 96.1 Å². The van der Waals surface area contributed by atoms with Gasteiger partial charge in [0.1, 0.15) is 10.8 Å². The van der Waals surface area contributed by atoms with Crippen LogP contribution in [0.15, 0.2) is 12.1 Å². The molecule has 0 aliphatic rings. The molecule has 0 aromatic carbocycles. The van der Waals surface area contributed by atoms with E-state index in [2.05, 4.69) is 24.1 Å². The van der Waals surface area contributed by atoms with Gasteiger partial charge in [-0.3, -0.25) is 0 Å². The van der Waals surface area contributed by atoms with Crippen molar-refractivity contribution in [1.29, 1.82) is 0 Å². The fraction of sp³-hybridized carbons (Fsp3) is 0.455. The molecule has 0 aliphatic heterocycles. The Kier molecular flexibility index (Phi) is 4.03. The van der Waals surface area contributed by atoms with Crippen LogP contribution in [0.3, 0.4) is 0 Å². The van der Waals surface area contributed by atoms with Gasteiger partial charge in [0.25, 0.3) is 0 Å². The average molecular weight is 223 g/mol. The molecule has 1 aromatic rings. The smallest absolute Gasteiger partial charge is 0.127 e. The number of nitrogens with two attached hydrogens (primary N) is 1. The molecule has 15 heavy (non-hydrogen) atoms. The molecule has 0 radical (unpaired) electrons. The standard InChI is InChI=1S/C11H17N3S/c1-4-7(2)13-10-6-9(11(12)15)5-8(3)14-10/h5-7H,4H2,1-3H3,(H2,12,15)(H,13,14). The molecule has 0 spiro atoms. The fourth-order valence-corrected chi connectivity index (χ4v) is 1.36. The number of nitrogens with zero attached hydrogens (tertiary/aromatic N) is 1. The van der Waals surface area contributed by atoms with Crippen molar-refractivity contribution in [2.24, 2.45) is 5.73 Å². The van der Waals surface area contributed by atoms with Crippen LogP contribution in [0.5, 0.6) is 0 Å². The minimum Gasteiger partial charge on any atom is -0.389 e. The number of rotatable bonds is 4. The van der Waals surface area contributed by atoms with Gasteiger partial charge in [-0.25, -0.2) is 4.98 Å². The third-order valence-electron chi connectivity index (χ3n) is 2.24. The largest absolute Gasteiger partial charge is 0.389 e. The van der Waals surface area contributed by atoms with Gasteiger partial charge in [-0.1, -0.05) is 19.1 Å². The van der Waals surface area contributed by atoms with E-state index in [0.717, 1.165) is 23.5 Å². The van der Waals surface area contributed by atoms with Crippen molar-refractivity contribution in [3.63, 3.8) is 0 Å². The number of thiocarbonyl (C=S) groups is 1. The quantitative estimate of drug-likeness (QED) is 0.769. The fourth-order valence-electron chi connectivity index (χ4n) is 1.24. The number of aryl methyl sites for hydroxylation is 1. The highest BCUT2D eigenvalue weighted by molar-refractivity contribution is 7.80. The van der Waals surface area contributed by atoms with E-state index in [1.807, 2.05) is 19.1 Å². The van der Waals surface area contributed by atoms with Crippen LogP contribution in [0.25, 0.3) is 0 Å². The van der Waals surface area contributed by atoms with Crippen molar-refractivity contribution in [2.75, 3.05) is 5.32 Å². The summed E-state index contributed by atoms with van der Waals surface area (Å²) in [7, 11) is 0. The van der Waals surface area contributed by atoms with Crippen molar-refractivity contribution < 1.29 is 0 Å². The first-order valence-electron chi connectivity index (χ1n) is 5.08. The third kappa shape index (κ3) is 3.47. The van der Waals surface area contributed by atoms with E-state index < -0.39 is 0 Å². The second kappa shape index (κ2) is 5.07. The first-order valence-corrected chi connectivity index (χ1v) is 5.48. The van der Waals surface area contributed by atoms with Crippen LogP contribution < -0.4 is 11.1 Å². The Balaban J connectivity index is 2.93. The molecular formula is C11H17N3S. The Bertz CT molecular complexity index is 363. The SMILES string of the molecule is CCC(C)Nc1cc(C(N)=S)cc(C)n1.